The van der Waals surface area contributed by atoms with Gasteiger partial charge in [0.2, 0.25) is 10.0 Å². The van der Waals surface area contributed by atoms with E-state index < -0.39 is 10.0 Å². The Balaban J connectivity index is 1.85. The van der Waals surface area contributed by atoms with Crippen molar-refractivity contribution >= 4 is 15.6 Å². The monoisotopic (exact) mass is 349 g/mol. The summed E-state index contributed by atoms with van der Waals surface area (Å²) in [4.78, 5) is 0.266. The first-order chi connectivity index (χ1) is 12.1. The molecule has 0 heterocycles. The Hall–Kier alpha value is -2.69. The van der Waals surface area contributed by atoms with E-state index in [1.165, 1.54) is 0 Å². The van der Waals surface area contributed by atoms with Gasteiger partial charge in [0, 0.05) is 12.1 Å². The molecule has 0 spiro atoms. The van der Waals surface area contributed by atoms with E-state index >= 15 is 0 Å². The number of hydrogen-bond acceptors (Lipinski definition) is 2. The lowest BCUT2D eigenvalue weighted by Crippen LogP contribution is -2.25. The van der Waals surface area contributed by atoms with Crippen LogP contribution < -0.4 is 4.72 Å². The van der Waals surface area contributed by atoms with Crippen molar-refractivity contribution < 1.29 is 8.42 Å². The third kappa shape index (κ3) is 4.05. The molecule has 3 aromatic carbocycles. The molecule has 0 amide bonds. The van der Waals surface area contributed by atoms with E-state index in [1.807, 2.05) is 72.8 Å². The van der Waals surface area contributed by atoms with Gasteiger partial charge >= 0.3 is 0 Å². The Kier molecular flexibility index (Phi) is 5.12. The first-order valence-corrected chi connectivity index (χ1v) is 9.43. The first kappa shape index (κ1) is 17.1. The molecule has 0 unspecified atom stereocenters. The molecule has 0 radical (unpaired) electrons. The van der Waals surface area contributed by atoms with Gasteiger partial charge in [0.15, 0.2) is 0 Å². The summed E-state index contributed by atoms with van der Waals surface area (Å²) in [6.07, 6.45) is 0. The Labute approximate surface area is 148 Å². The van der Waals surface area contributed by atoms with Gasteiger partial charge in [0.05, 0.1) is 4.90 Å². The lowest BCUT2D eigenvalue weighted by molar-refractivity contribution is 0.586. The summed E-state index contributed by atoms with van der Waals surface area (Å²) in [6, 6.07) is 26.0. The van der Waals surface area contributed by atoms with Crippen LogP contribution in [0.15, 0.2) is 96.4 Å². The van der Waals surface area contributed by atoms with Gasteiger partial charge in [-0.2, -0.15) is 0 Å². The van der Waals surface area contributed by atoms with E-state index in [0.29, 0.717) is 5.56 Å². The largest absolute Gasteiger partial charge is 0.241 e. The van der Waals surface area contributed by atoms with E-state index in [2.05, 4.69) is 11.3 Å². The Morgan fingerprint density at radius 2 is 1.36 bits per heavy atom. The fraction of sp³-hybridized carbons (Fsp3) is 0.0476. The normalized spacial score (nSPS) is 11.2. The summed E-state index contributed by atoms with van der Waals surface area (Å²) >= 11 is 0. The van der Waals surface area contributed by atoms with Crippen LogP contribution in [0, 0.1) is 0 Å². The average molecular weight is 349 g/mol. The SMILES string of the molecule is C=C(CNS(=O)(=O)c1ccccc1-c1ccccc1)c1ccccc1. The molecule has 1 N–H and O–H groups in total. The Morgan fingerprint density at radius 3 is 2.04 bits per heavy atom. The van der Waals surface area contributed by atoms with Gasteiger partial charge in [-0.1, -0.05) is 85.4 Å². The third-order valence-electron chi connectivity index (χ3n) is 3.92. The van der Waals surface area contributed by atoms with Gasteiger partial charge in [-0.15, -0.1) is 0 Å². The van der Waals surface area contributed by atoms with Crippen molar-refractivity contribution in [2.45, 2.75) is 4.90 Å². The van der Waals surface area contributed by atoms with Gasteiger partial charge in [0.1, 0.15) is 0 Å². The number of sulfonamides is 1. The van der Waals surface area contributed by atoms with E-state index in [-0.39, 0.29) is 11.4 Å². The minimum Gasteiger partial charge on any atom is -0.207 e. The number of hydrogen-bond donors (Lipinski definition) is 1. The van der Waals surface area contributed by atoms with Crippen LogP contribution in [0.3, 0.4) is 0 Å². The molecule has 3 aromatic rings. The van der Waals surface area contributed by atoms with Crippen molar-refractivity contribution in [1.29, 1.82) is 0 Å². The second kappa shape index (κ2) is 7.47. The second-order valence-corrected chi connectivity index (χ2v) is 7.39. The maximum absolute atomic E-state index is 12.8. The van der Waals surface area contributed by atoms with Crippen molar-refractivity contribution in [3.8, 4) is 11.1 Å². The van der Waals surface area contributed by atoms with Crippen LogP contribution in [-0.4, -0.2) is 15.0 Å². The van der Waals surface area contributed by atoms with Crippen molar-refractivity contribution in [3.05, 3.63) is 97.1 Å². The predicted molar refractivity (Wildman–Crippen MR) is 103 cm³/mol. The van der Waals surface area contributed by atoms with E-state index in [0.717, 1.165) is 16.7 Å². The molecular weight excluding hydrogens is 330 g/mol. The van der Waals surface area contributed by atoms with Crippen LogP contribution in [0.1, 0.15) is 5.56 Å². The van der Waals surface area contributed by atoms with Crippen LogP contribution >= 0.6 is 0 Å². The van der Waals surface area contributed by atoms with E-state index in [9.17, 15) is 8.42 Å². The van der Waals surface area contributed by atoms with Gasteiger partial charge in [-0.25, -0.2) is 13.1 Å². The Bertz CT molecular complexity index is 965. The summed E-state index contributed by atoms with van der Waals surface area (Å²) in [5.74, 6) is 0. The zero-order valence-electron chi connectivity index (χ0n) is 13.7. The van der Waals surface area contributed by atoms with Crippen molar-refractivity contribution in [1.82, 2.24) is 4.72 Å². The highest BCUT2D eigenvalue weighted by molar-refractivity contribution is 7.89. The quantitative estimate of drug-likeness (QED) is 0.719. The zero-order chi connectivity index (χ0) is 17.7. The summed E-state index contributed by atoms with van der Waals surface area (Å²) in [5, 5.41) is 0. The van der Waals surface area contributed by atoms with Crippen molar-refractivity contribution in [3.63, 3.8) is 0 Å². The van der Waals surface area contributed by atoms with Crippen molar-refractivity contribution in [2.24, 2.45) is 0 Å². The Morgan fingerprint density at radius 1 is 0.800 bits per heavy atom. The fourth-order valence-electron chi connectivity index (χ4n) is 2.59. The van der Waals surface area contributed by atoms with Gasteiger partial charge in [-0.05, 0) is 22.8 Å². The highest BCUT2D eigenvalue weighted by atomic mass is 32.2. The number of rotatable bonds is 6. The molecule has 0 aliphatic rings. The van der Waals surface area contributed by atoms with Crippen LogP contribution in [0.4, 0.5) is 0 Å². The molecule has 0 fully saturated rings. The van der Waals surface area contributed by atoms with Gasteiger partial charge < -0.3 is 0 Å². The average Bonchev–Trinajstić information content (AvgIpc) is 2.67. The minimum atomic E-state index is -3.65. The smallest absolute Gasteiger partial charge is 0.207 e. The van der Waals surface area contributed by atoms with Crippen molar-refractivity contribution in [2.75, 3.05) is 6.54 Å². The van der Waals surface area contributed by atoms with Crippen LogP contribution in [0.5, 0.6) is 0 Å². The maximum atomic E-state index is 12.8. The molecule has 0 aliphatic carbocycles. The van der Waals surface area contributed by atoms with Crippen LogP contribution in [0.25, 0.3) is 16.7 Å². The van der Waals surface area contributed by atoms with Crippen LogP contribution in [0.2, 0.25) is 0 Å². The molecule has 0 aliphatic heterocycles. The molecule has 0 saturated carbocycles. The molecule has 3 rings (SSSR count). The summed E-state index contributed by atoms with van der Waals surface area (Å²) in [5.41, 5.74) is 3.19. The maximum Gasteiger partial charge on any atom is 0.241 e. The molecule has 0 atom stereocenters. The summed E-state index contributed by atoms with van der Waals surface area (Å²) in [7, 11) is -3.65. The molecule has 126 valence electrons. The number of benzene rings is 3. The highest BCUT2D eigenvalue weighted by Gasteiger charge is 2.19. The molecule has 4 heteroatoms. The fourth-order valence-corrected chi connectivity index (χ4v) is 3.85. The molecule has 3 nitrogen and oxygen atoms in total. The van der Waals surface area contributed by atoms with Gasteiger partial charge in [0.25, 0.3) is 0 Å². The third-order valence-corrected chi connectivity index (χ3v) is 5.38. The minimum absolute atomic E-state index is 0.162. The molecule has 0 bridgehead atoms. The molecule has 25 heavy (non-hydrogen) atoms. The van der Waals surface area contributed by atoms with Crippen LogP contribution in [-0.2, 0) is 10.0 Å². The lowest BCUT2D eigenvalue weighted by atomic mass is 10.1. The topological polar surface area (TPSA) is 46.2 Å². The van der Waals surface area contributed by atoms with Gasteiger partial charge in [-0.3, -0.25) is 0 Å². The lowest BCUT2D eigenvalue weighted by Gasteiger charge is -2.13. The first-order valence-electron chi connectivity index (χ1n) is 7.95. The zero-order valence-corrected chi connectivity index (χ0v) is 14.5. The standard InChI is InChI=1S/C21H19NO2S/c1-17(18-10-4-2-5-11-18)16-22-25(23,24)21-15-9-8-14-20(21)19-12-6-3-7-13-19/h2-15,22H,1,16H2. The summed E-state index contributed by atoms with van der Waals surface area (Å²) in [6.45, 7) is 4.14. The second-order valence-electron chi connectivity index (χ2n) is 5.66. The highest BCUT2D eigenvalue weighted by Crippen LogP contribution is 2.27. The van der Waals surface area contributed by atoms with E-state index in [4.69, 9.17) is 0 Å². The molecular formula is C21H19NO2S. The molecule has 0 saturated heterocycles. The summed E-state index contributed by atoms with van der Waals surface area (Å²) < 4.78 is 28.3. The predicted octanol–water partition coefficient (Wildman–Crippen LogP) is 4.35. The molecule has 0 aromatic heterocycles. The van der Waals surface area contributed by atoms with E-state index in [1.54, 1.807) is 12.1 Å². The number of nitrogens with one attached hydrogen (secondary N) is 1.